The minimum absolute atomic E-state index is 0.229. The first kappa shape index (κ1) is 13.6. The van der Waals surface area contributed by atoms with Crippen LogP contribution in [0.25, 0.3) is 20.4 Å². The van der Waals surface area contributed by atoms with Crippen molar-refractivity contribution >= 4 is 60.1 Å². The summed E-state index contributed by atoms with van der Waals surface area (Å²) >= 11 is 2.97. The Morgan fingerprint density at radius 3 is 2.82 bits per heavy atom. The van der Waals surface area contributed by atoms with Gasteiger partial charge in [0, 0.05) is 7.05 Å². The fraction of sp³-hybridized carbons (Fsp3) is 0.286. The van der Waals surface area contributed by atoms with E-state index < -0.39 is 5.41 Å². The van der Waals surface area contributed by atoms with E-state index >= 15 is 0 Å². The molecule has 0 radical (unpaired) electrons. The lowest BCUT2D eigenvalue weighted by atomic mass is 10.1. The number of nitrogens with one attached hydrogen (secondary N) is 2. The van der Waals surface area contributed by atoms with Crippen LogP contribution in [-0.2, 0) is 9.59 Å². The number of carbonyl (C=O) groups excluding carboxylic acids is 2. The van der Waals surface area contributed by atoms with E-state index in [1.165, 1.54) is 11.3 Å². The number of benzene rings is 1. The fourth-order valence-corrected chi connectivity index (χ4v) is 4.21. The molecule has 1 aliphatic rings. The van der Waals surface area contributed by atoms with Crippen molar-refractivity contribution in [1.29, 1.82) is 0 Å². The van der Waals surface area contributed by atoms with Gasteiger partial charge in [-0.1, -0.05) is 11.3 Å². The van der Waals surface area contributed by atoms with Crippen LogP contribution in [-0.4, -0.2) is 28.8 Å². The van der Waals surface area contributed by atoms with E-state index in [4.69, 9.17) is 0 Å². The Labute approximate surface area is 133 Å². The van der Waals surface area contributed by atoms with Gasteiger partial charge < -0.3 is 10.6 Å². The summed E-state index contributed by atoms with van der Waals surface area (Å²) in [6, 6.07) is 3.90. The number of amides is 2. The average molecular weight is 332 g/mol. The van der Waals surface area contributed by atoms with Crippen molar-refractivity contribution in [2.24, 2.45) is 5.41 Å². The molecule has 1 aliphatic carbocycles. The van der Waals surface area contributed by atoms with E-state index in [1.807, 2.05) is 12.1 Å². The van der Waals surface area contributed by atoms with Crippen molar-refractivity contribution in [2.75, 3.05) is 12.4 Å². The molecule has 1 saturated carbocycles. The smallest absolute Gasteiger partial charge is 0.241 e. The molecule has 2 heterocycles. The molecule has 2 amide bonds. The van der Waals surface area contributed by atoms with Gasteiger partial charge in [0.25, 0.3) is 0 Å². The second-order valence-electron chi connectivity index (χ2n) is 5.25. The maximum absolute atomic E-state index is 12.4. The topological polar surface area (TPSA) is 84.0 Å². The minimum Gasteiger partial charge on any atom is -0.358 e. The molecule has 22 heavy (non-hydrogen) atoms. The second-order valence-corrected chi connectivity index (χ2v) is 7.13. The number of fused-ring (bicyclic) bond motifs is 3. The molecule has 3 aromatic rings. The van der Waals surface area contributed by atoms with Gasteiger partial charge in [-0.15, -0.1) is 11.3 Å². The summed E-state index contributed by atoms with van der Waals surface area (Å²) in [7, 11) is 1.55. The summed E-state index contributed by atoms with van der Waals surface area (Å²) in [5.74, 6) is -0.506. The number of hydrogen-bond donors (Lipinski definition) is 2. The highest BCUT2D eigenvalue weighted by Crippen LogP contribution is 2.47. The Hall–Kier alpha value is -2.06. The van der Waals surface area contributed by atoms with Crippen LogP contribution < -0.4 is 10.6 Å². The molecular formula is C14H12N4O2S2. The number of aromatic nitrogens is 2. The highest BCUT2D eigenvalue weighted by Gasteiger charge is 2.56. The Balaban J connectivity index is 1.67. The summed E-state index contributed by atoms with van der Waals surface area (Å²) in [4.78, 5) is 33.0. The number of rotatable bonds is 3. The van der Waals surface area contributed by atoms with Crippen LogP contribution in [0.3, 0.4) is 0 Å². The highest BCUT2D eigenvalue weighted by molar-refractivity contribution is 7.24. The van der Waals surface area contributed by atoms with Gasteiger partial charge in [-0.3, -0.25) is 9.59 Å². The third kappa shape index (κ3) is 1.91. The van der Waals surface area contributed by atoms with Gasteiger partial charge >= 0.3 is 0 Å². The van der Waals surface area contributed by atoms with Crippen molar-refractivity contribution < 1.29 is 9.59 Å². The molecular weight excluding hydrogens is 320 g/mol. The van der Waals surface area contributed by atoms with Crippen LogP contribution in [0, 0.1) is 5.41 Å². The van der Waals surface area contributed by atoms with E-state index in [0.717, 1.165) is 20.4 Å². The lowest BCUT2D eigenvalue weighted by Gasteiger charge is -2.11. The zero-order chi connectivity index (χ0) is 15.3. The predicted octanol–water partition coefficient (Wildman–Crippen LogP) is 2.37. The van der Waals surface area contributed by atoms with Gasteiger partial charge in [-0.25, -0.2) is 9.97 Å². The molecule has 0 unspecified atom stereocenters. The van der Waals surface area contributed by atoms with E-state index in [1.54, 1.807) is 23.9 Å². The standard InChI is InChI=1S/C14H12N4O2S2/c1-15-11(19)14(4-5-14)12(20)18-13-17-7-2-3-8-9(10(7)22-13)16-6-21-8/h2-3,6H,4-5H2,1H3,(H,15,19)(H,17,18,20). The fourth-order valence-electron chi connectivity index (χ4n) is 2.50. The Kier molecular flexibility index (Phi) is 2.92. The molecule has 112 valence electrons. The van der Waals surface area contributed by atoms with Gasteiger partial charge in [-0.05, 0) is 25.0 Å². The summed E-state index contributed by atoms with van der Waals surface area (Å²) in [5, 5.41) is 5.86. The summed E-state index contributed by atoms with van der Waals surface area (Å²) in [6.07, 6.45) is 1.17. The molecule has 0 bridgehead atoms. The SMILES string of the molecule is CNC(=O)C1(C(=O)Nc2nc3ccc4scnc4c3s2)CC1. The molecule has 0 aliphatic heterocycles. The van der Waals surface area contributed by atoms with Crippen molar-refractivity contribution in [3.63, 3.8) is 0 Å². The highest BCUT2D eigenvalue weighted by atomic mass is 32.1. The Morgan fingerprint density at radius 1 is 1.27 bits per heavy atom. The molecule has 2 aromatic heterocycles. The van der Waals surface area contributed by atoms with Crippen LogP contribution >= 0.6 is 22.7 Å². The van der Waals surface area contributed by atoms with Crippen molar-refractivity contribution in [2.45, 2.75) is 12.8 Å². The van der Waals surface area contributed by atoms with Crippen LogP contribution in [0.1, 0.15) is 12.8 Å². The van der Waals surface area contributed by atoms with Crippen LogP contribution in [0.2, 0.25) is 0 Å². The third-order valence-corrected chi connectivity index (χ3v) is 5.71. The van der Waals surface area contributed by atoms with Gasteiger partial charge in [0.2, 0.25) is 11.8 Å². The van der Waals surface area contributed by atoms with E-state index in [-0.39, 0.29) is 11.8 Å². The van der Waals surface area contributed by atoms with E-state index in [0.29, 0.717) is 18.0 Å². The molecule has 1 fully saturated rings. The lowest BCUT2D eigenvalue weighted by molar-refractivity contribution is -0.134. The minimum atomic E-state index is -0.914. The first-order valence-electron chi connectivity index (χ1n) is 6.80. The third-order valence-electron chi connectivity index (χ3n) is 3.92. The normalized spacial score (nSPS) is 15.9. The summed E-state index contributed by atoms with van der Waals surface area (Å²) in [6.45, 7) is 0. The number of nitrogens with zero attached hydrogens (tertiary/aromatic N) is 2. The van der Waals surface area contributed by atoms with Crippen molar-refractivity contribution in [1.82, 2.24) is 15.3 Å². The molecule has 0 spiro atoms. The van der Waals surface area contributed by atoms with E-state index in [9.17, 15) is 9.59 Å². The Morgan fingerprint density at radius 2 is 2.09 bits per heavy atom. The van der Waals surface area contributed by atoms with Crippen LogP contribution in [0.5, 0.6) is 0 Å². The molecule has 0 atom stereocenters. The van der Waals surface area contributed by atoms with Gasteiger partial charge in [0.15, 0.2) is 5.13 Å². The number of carbonyl (C=O) groups is 2. The Bertz CT molecular complexity index is 910. The largest absolute Gasteiger partial charge is 0.358 e. The lowest BCUT2D eigenvalue weighted by Crippen LogP contribution is -2.38. The summed E-state index contributed by atoms with van der Waals surface area (Å²) < 4.78 is 2.05. The average Bonchev–Trinajstić information content (AvgIpc) is 3.01. The second kappa shape index (κ2) is 4.72. The maximum atomic E-state index is 12.4. The number of thiazole rings is 2. The molecule has 6 nitrogen and oxygen atoms in total. The van der Waals surface area contributed by atoms with Gasteiger partial charge in [-0.2, -0.15) is 0 Å². The monoisotopic (exact) mass is 332 g/mol. The molecule has 8 heteroatoms. The molecule has 1 aromatic carbocycles. The number of anilines is 1. The predicted molar refractivity (Wildman–Crippen MR) is 87.2 cm³/mol. The van der Waals surface area contributed by atoms with Crippen molar-refractivity contribution in [3.8, 4) is 0 Å². The van der Waals surface area contributed by atoms with Crippen LogP contribution in [0.15, 0.2) is 17.6 Å². The quantitative estimate of drug-likeness (QED) is 0.721. The summed E-state index contributed by atoms with van der Waals surface area (Å²) in [5.41, 5.74) is 2.60. The first-order valence-corrected chi connectivity index (χ1v) is 8.50. The molecule has 2 N–H and O–H groups in total. The zero-order valence-electron chi connectivity index (χ0n) is 11.7. The maximum Gasteiger partial charge on any atom is 0.241 e. The van der Waals surface area contributed by atoms with E-state index in [2.05, 4.69) is 20.6 Å². The van der Waals surface area contributed by atoms with Crippen molar-refractivity contribution in [3.05, 3.63) is 17.6 Å². The molecule has 4 rings (SSSR count). The van der Waals surface area contributed by atoms with Gasteiger partial charge in [0.1, 0.15) is 10.9 Å². The van der Waals surface area contributed by atoms with Gasteiger partial charge in [0.05, 0.1) is 20.4 Å². The zero-order valence-corrected chi connectivity index (χ0v) is 13.3. The molecule has 0 saturated heterocycles. The number of hydrogen-bond acceptors (Lipinski definition) is 6. The first-order chi connectivity index (χ1) is 10.6. The van der Waals surface area contributed by atoms with Crippen LogP contribution in [0.4, 0.5) is 5.13 Å².